The molecule has 1 aromatic heterocycles. The van der Waals surface area contributed by atoms with Crippen LogP contribution in [-0.4, -0.2) is 19.1 Å². The van der Waals surface area contributed by atoms with Gasteiger partial charge in [0.15, 0.2) is 0 Å². The van der Waals surface area contributed by atoms with Gasteiger partial charge in [0, 0.05) is 12.6 Å². The molecule has 0 fully saturated rings. The van der Waals surface area contributed by atoms with Gasteiger partial charge in [-0.1, -0.05) is 0 Å². The van der Waals surface area contributed by atoms with Crippen LogP contribution in [0.5, 0.6) is 5.75 Å². The molecule has 0 saturated carbocycles. The van der Waals surface area contributed by atoms with Gasteiger partial charge in [0.1, 0.15) is 17.6 Å². The summed E-state index contributed by atoms with van der Waals surface area (Å²) in [6.45, 7) is 1.95. The predicted molar refractivity (Wildman–Crippen MR) is 75.2 cm³/mol. The molecule has 0 bridgehead atoms. The van der Waals surface area contributed by atoms with Crippen molar-refractivity contribution in [1.29, 1.82) is 5.26 Å². The number of hydrogen-bond donors (Lipinski definition) is 1. The summed E-state index contributed by atoms with van der Waals surface area (Å²) in [4.78, 5) is 4.51. The van der Waals surface area contributed by atoms with E-state index in [2.05, 4.69) is 16.4 Å². The number of pyridine rings is 1. The van der Waals surface area contributed by atoms with Gasteiger partial charge < -0.3 is 10.1 Å². The second-order valence-corrected chi connectivity index (χ2v) is 4.14. The fourth-order valence-electron chi connectivity index (χ4n) is 1.93. The summed E-state index contributed by atoms with van der Waals surface area (Å²) in [5, 5.41) is 12.0. The lowest BCUT2D eigenvalue weighted by atomic mass is 10.0. The molecule has 0 aliphatic heterocycles. The van der Waals surface area contributed by atoms with Crippen LogP contribution in [0.25, 0.3) is 11.3 Å². The average Bonchev–Trinajstić information content (AvgIpc) is 2.47. The van der Waals surface area contributed by atoms with Crippen LogP contribution < -0.4 is 10.1 Å². The molecule has 4 heteroatoms. The first-order chi connectivity index (χ1) is 9.19. The number of aryl methyl sites for hydroxylation is 1. The van der Waals surface area contributed by atoms with Gasteiger partial charge in [0.25, 0.3) is 0 Å². The maximum Gasteiger partial charge on any atom is 0.144 e. The summed E-state index contributed by atoms with van der Waals surface area (Å²) in [5.74, 6) is 1.41. The molecule has 0 spiro atoms. The standard InChI is InChI=1S/C15H15N3O/c1-10-8-12(9-16)15(17-2)18-14(10)11-4-6-13(19-3)7-5-11/h4-8H,1-3H3,(H,17,18). The molecule has 2 aromatic rings. The highest BCUT2D eigenvalue weighted by Crippen LogP contribution is 2.26. The lowest BCUT2D eigenvalue weighted by Crippen LogP contribution is -2.00. The zero-order valence-electron chi connectivity index (χ0n) is 11.2. The molecular weight excluding hydrogens is 238 g/mol. The predicted octanol–water partition coefficient (Wildman–Crippen LogP) is 2.98. The Bertz CT molecular complexity index is 627. The van der Waals surface area contributed by atoms with Gasteiger partial charge >= 0.3 is 0 Å². The third kappa shape index (κ3) is 2.50. The van der Waals surface area contributed by atoms with Crippen LogP contribution in [0.15, 0.2) is 30.3 Å². The normalized spacial score (nSPS) is 9.79. The van der Waals surface area contributed by atoms with Gasteiger partial charge in [-0.05, 0) is 42.8 Å². The number of ether oxygens (including phenoxy) is 1. The minimum atomic E-state index is 0.553. The van der Waals surface area contributed by atoms with E-state index in [1.54, 1.807) is 14.2 Å². The number of methoxy groups -OCH3 is 1. The topological polar surface area (TPSA) is 57.9 Å². The van der Waals surface area contributed by atoms with Crippen molar-refractivity contribution >= 4 is 5.82 Å². The Morgan fingerprint density at radius 2 is 1.95 bits per heavy atom. The molecular formula is C15H15N3O. The lowest BCUT2D eigenvalue weighted by Gasteiger charge is -2.10. The maximum atomic E-state index is 9.06. The summed E-state index contributed by atoms with van der Waals surface area (Å²) < 4.78 is 5.14. The zero-order chi connectivity index (χ0) is 13.8. The Morgan fingerprint density at radius 3 is 2.47 bits per heavy atom. The summed E-state index contributed by atoms with van der Waals surface area (Å²) in [6.07, 6.45) is 0. The van der Waals surface area contributed by atoms with Gasteiger partial charge in [-0.15, -0.1) is 0 Å². The SMILES string of the molecule is CNc1nc(-c2ccc(OC)cc2)c(C)cc1C#N. The summed E-state index contributed by atoms with van der Waals surface area (Å²) in [7, 11) is 3.40. The van der Waals surface area contributed by atoms with E-state index in [4.69, 9.17) is 10.00 Å². The van der Waals surface area contributed by atoms with E-state index in [0.29, 0.717) is 11.4 Å². The minimum absolute atomic E-state index is 0.553. The number of nitrogens with one attached hydrogen (secondary N) is 1. The van der Waals surface area contributed by atoms with Crippen molar-refractivity contribution in [3.8, 4) is 23.1 Å². The Labute approximate surface area is 112 Å². The van der Waals surface area contributed by atoms with Crippen LogP contribution in [0.2, 0.25) is 0 Å². The van der Waals surface area contributed by atoms with E-state index in [1.165, 1.54) is 0 Å². The van der Waals surface area contributed by atoms with E-state index in [-0.39, 0.29) is 0 Å². The van der Waals surface area contributed by atoms with Gasteiger partial charge in [0.2, 0.25) is 0 Å². The molecule has 0 saturated heterocycles. The molecule has 0 unspecified atom stereocenters. The highest BCUT2D eigenvalue weighted by Gasteiger charge is 2.10. The van der Waals surface area contributed by atoms with Crippen molar-refractivity contribution in [1.82, 2.24) is 4.98 Å². The molecule has 0 amide bonds. The summed E-state index contributed by atoms with van der Waals surface area (Å²) in [5.41, 5.74) is 3.39. The number of aromatic nitrogens is 1. The molecule has 2 rings (SSSR count). The smallest absolute Gasteiger partial charge is 0.144 e. The van der Waals surface area contributed by atoms with Gasteiger partial charge in [-0.2, -0.15) is 5.26 Å². The molecule has 19 heavy (non-hydrogen) atoms. The zero-order valence-corrected chi connectivity index (χ0v) is 11.2. The Kier molecular flexibility index (Phi) is 3.67. The van der Waals surface area contributed by atoms with E-state index in [0.717, 1.165) is 22.6 Å². The molecule has 1 heterocycles. The number of hydrogen-bond acceptors (Lipinski definition) is 4. The number of anilines is 1. The first-order valence-corrected chi connectivity index (χ1v) is 5.93. The van der Waals surface area contributed by atoms with E-state index < -0.39 is 0 Å². The fourth-order valence-corrected chi connectivity index (χ4v) is 1.93. The van der Waals surface area contributed by atoms with Crippen LogP contribution in [0.1, 0.15) is 11.1 Å². The fraction of sp³-hybridized carbons (Fsp3) is 0.200. The highest BCUT2D eigenvalue weighted by molar-refractivity contribution is 5.68. The molecule has 1 N–H and O–H groups in total. The van der Waals surface area contributed by atoms with Crippen LogP contribution >= 0.6 is 0 Å². The first-order valence-electron chi connectivity index (χ1n) is 5.93. The van der Waals surface area contributed by atoms with Crippen LogP contribution in [-0.2, 0) is 0 Å². The van der Waals surface area contributed by atoms with Crippen molar-refractivity contribution in [3.63, 3.8) is 0 Å². The number of nitriles is 1. The maximum absolute atomic E-state index is 9.06. The van der Waals surface area contributed by atoms with Crippen molar-refractivity contribution in [2.75, 3.05) is 19.5 Å². The van der Waals surface area contributed by atoms with Gasteiger partial charge in [-0.25, -0.2) is 4.98 Å². The van der Waals surface area contributed by atoms with Crippen molar-refractivity contribution in [2.45, 2.75) is 6.92 Å². The largest absolute Gasteiger partial charge is 0.497 e. The second kappa shape index (κ2) is 5.40. The number of rotatable bonds is 3. The Morgan fingerprint density at radius 1 is 1.26 bits per heavy atom. The number of benzene rings is 1. The lowest BCUT2D eigenvalue weighted by molar-refractivity contribution is 0.415. The molecule has 96 valence electrons. The molecule has 0 radical (unpaired) electrons. The van der Waals surface area contributed by atoms with E-state index in [9.17, 15) is 0 Å². The Hall–Kier alpha value is -2.54. The summed E-state index contributed by atoms with van der Waals surface area (Å²) >= 11 is 0. The van der Waals surface area contributed by atoms with E-state index in [1.807, 2.05) is 37.3 Å². The number of nitrogens with zero attached hydrogens (tertiary/aromatic N) is 2. The third-order valence-electron chi connectivity index (χ3n) is 2.93. The summed E-state index contributed by atoms with van der Waals surface area (Å²) in [6, 6.07) is 11.7. The minimum Gasteiger partial charge on any atom is -0.497 e. The van der Waals surface area contributed by atoms with Crippen LogP contribution in [0, 0.1) is 18.3 Å². The Balaban J connectivity index is 2.52. The van der Waals surface area contributed by atoms with Crippen molar-refractivity contribution in [2.24, 2.45) is 0 Å². The molecule has 0 atom stereocenters. The quantitative estimate of drug-likeness (QED) is 0.913. The van der Waals surface area contributed by atoms with Gasteiger partial charge in [0.05, 0.1) is 18.4 Å². The van der Waals surface area contributed by atoms with Crippen molar-refractivity contribution in [3.05, 3.63) is 41.5 Å². The van der Waals surface area contributed by atoms with Crippen LogP contribution in [0.4, 0.5) is 5.82 Å². The molecule has 4 nitrogen and oxygen atoms in total. The average molecular weight is 253 g/mol. The second-order valence-electron chi connectivity index (χ2n) is 4.14. The molecule has 0 aliphatic rings. The monoisotopic (exact) mass is 253 g/mol. The van der Waals surface area contributed by atoms with Crippen molar-refractivity contribution < 1.29 is 4.74 Å². The first kappa shape index (κ1) is 12.9. The highest BCUT2D eigenvalue weighted by atomic mass is 16.5. The van der Waals surface area contributed by atoms with Gasteiger partial charge in [-0.3, -0.25) is 0 Å². The third-order valence-corrected chi connectivity index (χ3v) is 2.93. The molecule has 1 aromatic carbocycles. The van der Waals surface area contributed by atoms with E-state index >= 15 is 0 Å². The van der Waals surface area contributed by atoms with Crippen LogP contribution in [0.3, 0.4) is 0 Å². The molecule has 0 aliphatic carbocycles.